The van der Waals surface area contributed by atoms with Crippen molar-refractivity contribution in [1.82, 2.24) is 15.1 Å². The summed E-state index contributed by atoms with van der Waals surface area (Å²) in [4.78, 5) is 17.0. The molecule has 1 saturated heterocycles. The van der Waals surface area contributed by atoms with Crippen LogP contribution in [-0.2, 0) is 6.54 Å². The fourth-order valence-corrected chi connectivity index (χ4v) is 3.87. The Morgan fingerprint density at radius 2 is 1.89 bits per heavy atom. The van der Waals surface area contributed by atoms with Crippen molar-refractivity contribution in [3.05, 3.63) is 59.8 Å². The third-order valence-corrected chi connectivity index (χ3v) is 5.75. The molecule has 1 aromatic heterocycles. The second-order valence-corrected chi connectivity index (χ2v) is 7.51. The lowest BCUT2D eigenvalue weighted by atomic mass is 9.77. The molecule has 2 aliphatic rings. The highest BCUT2D eigenvalue weighted by Gasteiger charge is 2.31. The van der Waals surface area contributed by atoms with E-state index in [4.69, 9.17) is 4.42 Å². The molecule has 1 N–H and O–H groups in total. The number of rotatable bonds is 5. The molecular weight excluding hydrogens is 345 g/mol. The Kier molecular flexibility index (Phi) is 5.43. The Morgan fingerprint density at radius 3 is 2.48 bits per heavy atom. The van der Waals surface area contributed by atoms with Crippen LogP contribution in [-0.4, -0.2) is 42.0 Å². The number of hydrogen-bond acceptors (Lipinski definition) is 3. The van der Waals surface area contributed by atoms with Crippen molar-refractivity contribution in [2.75, 3.05) is 26.2 Å². The van der Waals surface area contributed by atoms with E-state index < -0.39 is 0 Å². The van der Waals surface area contributed by atoms with Crippen LogP contribution in [0.25, 0.3) is 0 Å². The lowest BCUT2D eigenvalue weighted by molar-refractivity contribution is 0.123. The summed E-state index contributed by atoms with van der Waals surface area (Å²) in [6.45, 7) is 3.85. The Labute approximate surface area is 159 Å². The van der Waals surface area contributed by atoms with E-state index in [1.54, 1.807) is 18.4 Å². The molecule has 144 valence electrons. The number of furan rings is 1. The third kappa shape index (κ3) is 4.33. The van der Waals surface area contributed by atoms with Crippen molar-refractivity contribution < 1.29 is 13.6 Å². The first-order valence-electron chi connectivity index (χ1n) is 9.75. The van der Waals surface area contributed by atoms with Crippen molar-refractivity contribution in [2.24, 2.45) is 5.92 Å². The summed E-state index contributed by atoms with van der Waals surface area (Å²) < 4.78 is 18.7. The number of piperazine rings is 1. The van der Waals surface area contributed by atoms with E-state index in [-0.39, 0.29) is 17.9 Å². The quantitative estimate of drug-likeness (QED) is 0.870. The van der Waals surface area contributed by atoms with Gasteiger partial charge < -0.3 is 14.6 Å². The van der Waals surface area contributed by atoms with Crippen molar-refractivity contribution in [1.29, 1.82) is 0 Å². The molecule has 0 bridgehead atoms. The number of nitrogens with zero attached hydrogens (tertiary/aromatic N) is 2. The smallest absolute Gasteiger partial charge is 0.317 e. The van der Waals surface area contributed by atoms with Crippen LogP contribution in [0, 0.1) is 11.7 Å². The predicted molar refractivity (Wildman–Crippen MR) is 101 cm³/mol. The molecule has 0 radical (unpaired) electrons. The molecule has 4 rings (SSSR count). The van der Waals surface area contributed by atoms with Crippen molar-refractivity contribution in [3.63, 3.8) is 0 Å². The van der Waals surface area contributed by atoms with Crippen molar-refractivity contribution in [3.8, 4) is 0 Å². The van der Waals surface area contributed by atoms with Gasteiger partial charge in [0.1, 0.15) is 11.6 Å². The largest absolute Gasteiger partial charge is 0.468 e. The normalized spacial score (nSPS) is 19.5. The molecule has 6 heteroatoms. The maximum Gasteiger partial charge on any atom is 0.317 e. The van der Waals surface area contributed by atoms with Crippen LogP contribution in [0.2, 0.25) is 0 Å². The van der Waals surface area contributed by atoms with Gasteiger partial charge in [0.15, 0.2) is 0 Å². The highest BCUT2D eigenvalue weighted by Crippen LogP contribution is 2.37. The van der Waals surface area contributed by atoms with E-state index in [1.807, 2.05) is 17.0 Å². The Balaban J connectivity index is 1.33. The number of carbonyl (C=O) groups is 1. The minimum absolute atomic E-state index is 0.0196. The molecule has 2 aromatic rings. The van der Waals surface area contributed by atoms with E-state index in [0.717, 1.165) is 43.8 Å². The van der Waals surface area contributed by atoms with Crippen molar-refractivity contribution >= 4 is 6.03 Å². The van der Waals surface area contributed by atoms with Gasteiger partial charge in [-0.3, -0.25) is 4.90 Å². The second kappa shape index (κ2) is 8.13. The van der Waals surface area contributed by atoms with E-state index in [9.17, 15) is 9.18 Å². The van der Waals surface area contributed by atoms with Crippen LogP contribution in [0.5, 0.6) is 0 Å². The highest BCUT2D eigenvalue weighted by atomic mass is 19.1. The highest BCUT2D eigenvalue weighted by molar-refractivity contribution is 5.75. The van der Waals surface area contributed by atoms with Gasteiger partial charge in [0, 0.05) is 26.2 Å². The number of urea groups is 1. The first kappa shape index (κ1) is 18.0. The fourth-order valence-electron chi connectivity index (χ4n) is 3.87. The van der Waals surface area contributed by atoms with E-state index in [1.165, 1.54) is 18.6 Å². The van der Waals surface area contributed by atoms with Crippen LogP contribution in [0.4, 0.5) is 9.18 Å². The van der Waals surface area contributed by atoms with E-state index >= 15 is 0 Å². The molecule has 2 heterocycles. The van der Waals surface area contributed by atoms with Gasteiger partial charge in [0.25, 0.3) is 0 Å². The maximum absolute atomic E-state index is 13.3. The molecule has 2 fully saturated rings. The van der Waals surface area contributed by atoms with Crippen LogP contribution in [0.3, 0.4) is 0 Å². The number of nitrogens with one attached hydrogen (secondary N) is 1. The minimum Gasteiger partial charge on any atom is -0.468 e. The monoisotopic (exact) mass is 371 g/mol. The van der Waals surface area contributed by atoms with E-state index in [2.05, 4.69) is 10.2 Å². The molecular formula is C21H26FN3O2. The van der Waals surface area contributed by atoms with Crippen LogP contribution >= 0.6 is 0 Å². The average molecular weight is 371 g/mol. The van der Waals surface area contributed by atoms with Gasteiger partial charge in [-0.1, -0.05) is 18.6 Å². The SMILES string of the molecule is O=C(NC(c1ccc(F)cc1)C1CCC1)N1CCN(Cc2ccco2)CC1. The zero-order chi connectivity index (χ0) is 18.6. The summed E-state index contributed by atoms with van der Waals surface area (Å²) in [6.07, 6.45) is 5.11. The maximum atomic E-state index is 13.3. The Bertz CT molecular complexity index is 735. The molecule has 1 unspecified atom stereocenters. The second-order valence-electron chi connectivity index (χ2n) is 7.51. The summed E-state index contributed by atoms with van der Waals surface area (Å²) in [5.41, 5.74) is 0.992. The van der Waals surface area contributed by atoms with Crippen molar-refractivity contribution in [2.45, 2.75) is 31.8 Å². The molecule has 27 heavy (non-hydrogen) atoms. The fraction of sp³-hybridized carbons (Fsp3) is 0.476. The zero-order valence-corrected chi connectivity index (χ0v) is 15.4. The Morgan fingerprint density at radius 1 is 1.15 bits per heavy atom. The average Bonchev–Trinajstić information content (AvgIpc) is 3.14. The molecule has 1 aromatic carbocycles. The number of benzene rings is 1. The number of hydrogen-bond donors (Lipinski definition) is 1. The molecule has 1 saturated carbocycles. The van der Waals surface area contributed by atoms with Gasteiger partial charge in [-0.25, -0.2) is 9.18 Å². The van der Waals surface area contributed by atoms with Crippen LogP contribution in [0.1, 0.15) is 36.6 Å². The summed E-state index contributed by atoms with van der Waals surface area (Å²) >= 11 is 0. The van der Waals surface area contributed by atoms with E-state index in [0.29, 0.717) is 19.0 Å². The molecule has 1 aliphatic carbocycles. The topological polar surface area (TPSA) is 48.7 Å². The third-order valence-electron chi connectivity index (χ3n) is 5.75. The summed E-state index contributed by atoms with van der Waals surface area (Å²) in [7, 11) is 0. The summed E-state index contributed by atoms with van der Waals surface area (Å²) in [6, 6.07) is 10.3. The lowest BCUT2D eigenvalue weighted by Gasteiger charge is -2.38. The predicted octanol–water partition coefficient (Wildman–Crippen LogP) is 3.79. The molecule has 0 spiro atoms. The Hall–Kier alpha value is -2.34. The molecule has 2 amide bonds. The summed E-state index contributed by atoms with van der Waals surface area (Å²) in [5.74, 6) is 1.15. The first-order valence-corrected chi connectivity index (χ1v) is 9.75. The lowest BCUT2D eigenvalue weighted by Crippen LogP contribution is -2.52. The zero-order valence-electron chi connectivity index (χ0n) is 15.4. The van der Waals surface area contributed by atoms with Gasteiger partial charge in [-0.2, -0.15) is 0 Å². The number of amides is 2. The summed E-state index contributed by atoms with van der Waals surface area (Å²) in [5, 5.41) is 3.21. The van der Waals surface area contributed by atoms with Crippen LogP contribution < -0.4 is 5.32 Å². The van der Waals surface area contributed by atoms with Gasteiger partial charge in [-0.05, 0) is 48.6 Å². The van der Waals surface area contributed by atoms with Gasteiger partial charge >= 0.3 is 6.03 Å². The number of halogens is 1. The van der Waals surface area contributed by atoms with Crippen LogP contribution in [0.15, 0.2) is 47.1 Å². The standard InChI is InChI=1S/C21H26FN3O2/c22-18-8-6-17(7-9-18)20(16-3-1-4-16)23-21(26)25-12-10-24(11-13-25)15-19-5-2-14-27-19/h2,5-9,14,16,20H,1,3-4,10-13,15H2,(H,23,26). The van der Waals surface area contributed by atoms with Gasteiger partial charge in [-0.15, -0.1) is 0 Å². The minimum atomic E-state index is -0.245. The molecule has 1 atom stereocenters. The molecule has 1 aliphatic heterocycles. The molecule has 5 nitrogen and oxygen atoms in total. The van der Waals surface area contributed by atoms with Gasteiger partial charge in [0.05, 0.1) is 18.8 Å². The first-order chi connectivity index (χ1) is 13.2. The van der Waals surface area contributed by atoms with Gasteiger partial charge in [0.2, 0.25) is 0 Å². The number of carbonyl (C=O) groups excluding carboxylic acids is 1.